The zero-order valence-electron chi connectivity index (χ0n) is 14.9. The van der Waals surface area contributed by atoms with Crippen molar-refractivity contribution < 1.29 is 4.42 Å². The molecule has 0 saturated heterocycles. The van der Waals surface area contributed by atoms with Gasteiger partial charge in [0.25, 0.3) is 0 Å². The predicted molar refractivity (Wildman–Crippen MR) is 113 cm³/mol. The molecule has 4 aromatic carbocycles. The second kappa shape index (κ2) is 5.24. The molecule has 0 fully saturated rings. The van der Waals surface area contributed by atoms with Gasteiger partial charge in [-0.05, 0) is 29.8 Å². The lowest BCUT2D eigenvalue weighted by Gasteiger charge is -2.07. The van der Waals surface area contributed by atoms with Gasteiger partial charge in [0.1, 0.15) is 11.2 Å². The molecule has 0 amide bonds. The number of nitrogens with zero attached hydrogens (tertiary/aromatic N) is 1. The first kappa shape index (κ1) is 14.6. The predicted octanol–water partition coefficient (Wildman–Crippen LogP) is 6.90. The summed E-state index contributed by atoms with van der Waals surface area (Å²) in [7, 11) is 2.15. The molecular weight excluding hydrogens is 330 g/mol. The number of rotatable bonds is 1. The van der Waals surface area contributed by atoms with E-state index in [0.717, 1.165) is 11.2 Å². The third-order valence-electron chi connectivity index (χ3n) is 5.62. The van der Waals surface area contributed by atoms with Crippen molar-refractivity contribution >= 4 is 43.7 Å². The van der Waals surface area contributed by atoms with Gasteiger partial charge < -0.3 is 8.98 Å². The van der Waals surface area contributed by atoms with Crippen LogP contribution in [0.4, 0.5) is 0 Å². The lowest BCUT2D eigenvalue weighted by atomic mass is 10.0. The van der Waals surface area contributed by atoms with E-state index in [1.165, 1.54) is 43.7 Å². The molecule has 0 atom stereocenters. The van der Waals surface area contributed by atoms with Gasteiger partial charge in [0, 0.05) is 39.7 Å². The number of para-hydroxylation sites is 3. The highest BCUT2D eigenvalue weighted by atomic mass is 16.3. The van der Waals surface area contributed by atoms with Crippen LogP contribution in [-0.4, -0.2) is 4.57 Å². The van der Waals surface area contributed by atoms with Crippen molar-refractivity contribution in [3.05, 3.63) is 84.9 Å². The number of furan rings is 1. The smallest absolute Gasteiger partial charge is 0.136 e. The van der Waals surface area contributed by atoms with Gasteiger partial charge in [-0.25, -0.2) is 0 Å². The average Bonchev–Trinajstić information content (AvgIpc) is 3.24. The fourth-order valence-electron chi connectivity index (χ4n) is 4.36. The Morgan fingerprint density at radius 1 is 0.630 bits per heavy atom. The molecule has 6 rings (SSSR count). The largest absolute Gasteiger partial charge is 0.456 e. The topological polar surface area (TPSA) is 18.1 Å². The first-order valence-electron chi connectivity index (χ1n) is 9.19. The highest BCUT2D eigenvalue weighted by Gasteiger charge is 2.14. The van der Waals surface area contributed by atoms with Gasteiger partial charge in [0.15, 0.2) is 0 Å². The summed E-state index contributed by atoms with van der Waals surface area (Å²) in [5.74, 6) is 0. The monoisotopic (exact) mass is 347 g/mol. The van der Waals surface area contributed by atoms with Gasteiger partial charge in [0.2, 0.25) is 0 Å². The van der Waals surface area contributed by atoms with Crippen LogP contribution in [0.15, 0.2) is 89.3 Å². The molecule has 0 aliphatic rings. The fourth-order valence-corrected chi connectivity index (χ4v) is 4.36. The van der Waals surface area contributed by atoms with Crippen molar-refractivity contribution in [3.63, 3.8) is 0 Å². The van der Waals surface area contributed by atoms with Crippen LogP contribution in [0.5, 0.6) is 0 Å². The second-order valence-corrected chi connectivity index (χ2v) is 7.09. The van der Waals surface area contributed by atoms with E-state index in [0.29, 0.717) is 0 Å². The van der Waals surface area contributed by atoms with Crippen molar-refractivity contribution in [1.29, 1.82) is 0 Å². The third-order valence-corrected chi connectivity index (χ3v) is 5.62. The van der Waals surface area contributed by atoms with E-state index in [9.17, 15) is 0 Å². The lowest BCUT2D eigenvalue weighted by Crippen LogP contribution is -1.89. The Morgan fingerprint density at radius 2 is 1.37 bits per heavy atom. The molecule has 6 aromatic rings. The Bertz CT molecular complexity index is 1480. The molecule has 0 unspecified atom stereocenters. The van der Waals surface area contributed by atoms with Crippen LogP contribution in [0.1, 0.15) is 0 Å². The minimum atomic E-state index is 0.935. The highest BCUT2D eigenvalue weighted by Crippen LogP contribution is 2.37. The SMILES string of the molecule is Cn1c2ccccc2c2cccc(-c3ccc4c(c3)oc3ccccc34)c21. The van der Waals surface area contributed by atoms with Crippen molar-refractivity contribution in [1.82, 2.24) is 4.57 Å². The van der Waals surface area contributed by atoms with Gasteiger partial charge in [0.05, 0.1) is 5.52 Å². The molecule has 2 heteroatoms. The van der Waals surface area contributed by atoms with Crippen LogP contribution in [-0.2, 0) is 7.05 Å². The van der Waals surface area contributed by atoms with Crippen molar-refractivity contribution in [2.24, 2.45) is 7.05 Å². The summed E-state index contributed by atoms with van der Waals surface area (Å²) < 4.78 is 8.40. The molecule has 0 radical (unpaired) electrons. The number of aryl methyl sites for hydroxylation is 1. The summed E-state index contributed by atoms with van der Waals surface area (Å²) in [6, 6.07) is 29.9. The summed E-state index contributed by atoms with van der Waals surface area (Å²) in [4.78, 5) is 0. The average molecular weight is 347 g/mol. The molecule has 27 heavy (non-hydrogen) atoms. The Balaban J connectivity index is 1.69. The first-order valence-corrected chi connectivity index (χ1v) is 9.19. The molecule has 128 valence electrons. The minimum absolute atomic E-state index is 0.935. The number of benzene rings is 4. The van der Waals surface area contributed by atoms with E-state index >= 15 is 0 Å². The van der Waals surface area contributed by atoms with Crippen LogP contribution in [0.2, 0.25) is 0 Å². The first-order chi connectivity index (χ1) is 13.3. The van der Waals surface area contributed by atoms with Crippen LogP contribution < -0.4 is 0 Å². The van der Waals surface area contributed by atoms with E-state index in [1.807, 2.05) is 12.1 Å². The Morgan fingerprint density at radius 3 is 2.30 bits per heavy atom. The molecule has 0 bridgehead atoms. The molecule has 0 spiro atoms. The third kappa shape index (κ3) is 1.95. The van der Waals surface area contributed by atoms with E-state index < -0.39 is 0 Å². The van der Waals surface area contributed by atoms with Crippen molar-refractivity contribution in [3.8, 4) is 11.1 Å². The molecule has 0 saturated carbocycles. The fraction of sp³-hybridized carbons (Fsp3) is 0.0400. The van der Waals surface area contributed by atoms with Gasteiger partial charge in [-0.2, -0.15) is 0 Å². The Labute approximate surface area is 156 Å². The summed E-state index contributed by atoms with van der Waals surface area (Å²) >= 11 is 0. The normalized spacial score (nSPS) is 11.9. The maximum Gasteiger partial charge on any atom is 0.136 e. The minimum Gasteiger partial charge on any atom is -0.456 e. The number of hydrogen-bond acceptors (Lipinski definition) is 1. The lowest BCUT2D eigenvalue weighted by molar-refractivity contribution is 0.669. The quantitative estimate of drug-likeness (QED) is 0.316. The summed E-state index contributed by atoms with van der Waals surface area (Å²) in [6.07, 6.45) is 0. The second-order valence-electron chi connectivity index (χ2n) is 7.09. The molecule has 2 aromatic heterocycles. The molecular formula is C25H17NO. The van der Waals surface area contributed by atoms with Crippen LogP contribution >= 0.6 is 0 Å². The van der Waals surface area contributed by atoms with E-state index in [1.54, 1.807) is 0 Å². The maximum atomic E-state index is 6.11. The molecule has 0 aliphatic heterocycles. The standard InChI is InChI=1S/C25H17NO/c1-26-22-11-4-2-7-18(22)21-10-6-9-17(25(21)26)16-13-14-20-19-8-3-5-12-23(19)27-24(20)15-16/h2-15H,1H3. The maximum absolute atomic E-state index is 6.11. The van der Waals surface area contributed by atoms with E-state index in [-0.39, 0.29) is 0 Å². The number of hydrogen-bond donors (Lipinski definition) is 0. The van der Waals surface area contributed by atoms with Crippen molar-refractivity contribution in [2.75, 3.05) is 0 Å². The summed E-state index contributed by atoms with van der Waals surface area (Å²) in [6.45, 7) is 0. The Hall–Kier alpha value is -3.52. The Kier molecular flexibility index (Phi) is 2.84. The van der Waals surface area contributed by atoms with E-state index in [4.69, 9.17) is 4.42 Å². The van der Waals surface area contributed by atoms with E-state index in [2.05, 4.69) is 84.4 Å². The van der Waals surface area contributed by atoms with Gasteiger partial charge >= 0.3 is 0 Å². The van der Waals surface area contributed by atoms with Crippen LogP contribution in [0, 0.1) is 0 Å². The molecule has 0 aliphatic carbocycles. The summed E-state index contributed by atoms with van der Waals surface area (Å²) in [5.41, 5.74) is 6.79. The van der Waals surface area contributed by atoms with Gasteiger partial charge in [-0.1, -0.05) is 60.7 Å². The van der Waals surface area contributed by atoms with Crippen molar-refractivity contribution in [2.45, 2.75) is 0 Å². The van der Waals surface area contributed by atoms with Gasteiger partial charge in [-0.15, -0.1) is 0 Å². The molecule has 2 nitrogen and oxygen atoms in total. The molecule has 2 heterocycles. The molecule has 0 N–H and O–H groups in total. The number of aromatic nitrogens is 1. The highest BCUT2D eigenvalue weighted by molar-refractivity contribution is 6.13. The number of fused-ring (bicyclic) bond motifs is 6. The zero-order valence-corrected chi connectivity index (χ0v) is 14.9. The van der Waals surface area contributed by atoms with Gasteiger partial charge in [-0.3, -0.25) is 0 Å². The van der Waals surface area contributed by atoms with Crippen LogP contribution in [0.3, 0.4) is 0 Å². The summed E-state index contributed by atoms with van der Waals surface area (Å²) in [5, 5.41) is 4.91. The van der Waals surface area contributed by atoms with Crippen LogP contribution in [0.25, 0.3) is 54.9 Å². The zero-order chi connectivity index (χ0) is 18.0.